The Hall–Kier alpha value is -2.87. The molecule has 0 aliphatic rings. The van der Waals surface area contributed by atoms with Crippen molar-refractivity contribution in [2.24, 2.45) is 0 Å². The maximum absolute atomic E-state index is 13.4. The van der Waals surface area contributed by atoms with E-state index in [0.717, 1.165) is 16.7 Å². The molecule has 0 radical (unpaired) electrons. The summed E-state index contributed by atoms with van der Waals surface area (Å²) in [5.74, 6) is -0.313. The summed E-state index contributed by atoms with van der Waals surface area (Å²) >= 11 is 0. The van der Waals surface area contributed by atoms with Crippen molar-refractivity contribution >= 4 is 27.5 Å². The van der Waals surface area contributed by atoms with Gasteiger partial charge < -0.3 is 10.2 Å². The first-order valence-electron chi connectivity index (χ1n) is 12.6. The molecule has 8 heteroatoms. The fourth-order valence-corrected chi connectivity index (χ4v) is 5.32. The minimum Gasteiger partial charge on any atom is -0.352 e. The van der Waals surface area contributed by atoms with E-state index in [-0.39, 0.29) is 30.8 Å². The third kappa shape index (κ3) is 8.97. The van der Waals surface area contributed by atoms with E-state index in [9.17, 15) is 18.0 Å². The van der Waals surface area contributed by atoms with Crippen LogP contribution >= 0.6 is 0 Å². The predicted octanol–water partition coefficient (Wildman–Crippen LogP) is 4.22. The number of benzene rings is 2. The molecular weight excluding hydrogens is 474 g/mol. The number of carbonyl (C=O) groups excluding carboxylic acids is 2. The fraction of sp³-hybridized carbons (Fsp3) is 0.500. The first-order valence-corrected chi connectivity index (χ1v) is 14.5. The Morgan fingerprint density at radius 2 is 1.58 bits per heavy atom. The molecule has 1 N–H and O–H groups in total. The predicted molar refractivity (Wildman–Crippen MR) is 147 cm³/mol. The van der Waals surface area contributed by atoms with E-state index in [4.69, 9.17) is 0 Å². The Morgan fingerprint density at radius 3 is 2.11 bits per heavy atom. The number of anilines is 1. The first-order chi connectivity index (χ1) is 16.9. The Kier molecular flexibility index (Phi) is 11.0. The van der Waals surface area contributed by atoms with Gasteiger partial charge in [-0.2, -0.15) is 0 Å². The van der Waals surface area contributed by atoms with E-state index < -0.39 is 16.1 Å². The molecule has 0 spiro atoms. The number of nitrogens with zero attached hydrogens (tertiary/aromatic N) is 2. The van der Waals surface area contributed by atoms with Crippen molar-refractivity contribution in [3.63, 3.8) is 0 Å². The van der Waals surface area contributed by atoms with Crippen LogP contribution in [0.1, 0.15) is 56.7 Å². The van der Waals surface area contributed by atoms with Gasteiger partial charge in [-0.05, 0) is 75.8 Å². The number of hydrogen-bond acceptors (Lipinski definition) is 4. The Labute approximate surface area is 216 Å². The second kappa shape index (κ2) is 13.4. The largest absolute Gasteiger partial charge is 0.352 e. The van der Waals surface area contributed by atoms with Gasteiger partial charge in [0.1, 0.15) is 6.04 Å². The highest BCUT2D eigenvalue weighted by Crippen LogP contribution is 2.22. The molecule has 0 saturated heterocycles. The van der Waals surface area contributed by atoms with Crippen LogP contribution in [0.4, 0.5) is 5.69 Å². The summed E-state index contributed by atoms with van der Waals surface area (Å²) in [6.07, 6.45) is 2.81. The van der Waals surface area contributed by atoms with Crippen LogP contribution < -0.4 is 9.62 Å². The van der Waals surface area contributed by atoms with Crippen molar-refractivity contribution in [1.82, 2.24) is 10.2 Å². The summed E-state index contributed by atoms with van der Waals surface area (Å²) in [6, 6.07) is 14.9. The van der Waals surface area contributed by atoms with Crippen molar-refractivity contribution in [3.05, 3.63) is 65.2 Å². The van der Waals surface area contributed by atoms with Crippen molar-refractivity contribution in [1.29, 1.82) is 0 Å². The summed E-state index contributed by atoms with van der Waals surface area (Å²) in [4.78, 5) is 28.0. The normalized spacial score (nSPS) is 12.3. The second-order valence-electron chi connectivity index (χ2n) is 9.69. The monoisotopic (exact) mass is 515 g/mol. The van der Waals surface area contributed by atoms with E-state index in [0.29, 0.717) is 31.5 Å². The summed E-state index contributed by atoms with van der Waals surface area (Å²) in [5.41, 5.74) is 3.64. The Balaban J connectivity index is 2.18. The van der Waals surface area contributed by atoms with Crippen molar-refractivity contribution < 1.29 is 18.0 Å². The lowest BCUT2D eigenvalue weighted by Gasteiger charge is -2.31. The summed E-state index contributed by atoms with van der Waals surface area (Å²) in [7, 11) is -3.52. The summed E-state index contributed by atoms with van der Waals surface area (Å²) < 4.78 is 26.5. The molecule has 0 aliphatic heterocycles. The van der Waals surface area contributed by atoms with Gasteiger partial charge in [0.05, 0.1) is 11.9 Å². The minimum atomic E-state index is -3.52. The van der Waals surface area contributed by atoms with Crippen LogP contribution in [0, 0.1) is 13.8 Å². The molecule has 2 rings (SSSR count). The van der Waals surface area contributed by atoms with Gasteiger partial charge in [-0.1, -0.05) is 43.3 Å². The van der Waals surface area contributed by atoms with Gasteiger partial charge >= 0.3 is 0 Å². The molecule has 0 fully saturated rings. The van der Waals surface area contributed by atoms with E-state index in [1.165, 1.54) is 10.6 Å². The summed E-state index contributed by atoms with van der Waals surface area (Å²) in [5, 5.41) is 2.93. The smallest absolute Gasteiger partial charge is 0.242 e. The lowest BCUT2D eigenvalue weighted by Crippen LogP contribution is -2.51. The van der Waals surface area contributed by atoms with E-state index in [1.807, 2.05) is 83.1 Å². The van der Waals surface area contributed by atoms with Gasteiger partial charge in [-0.25, -0.2) is 8.42 Å². The topological polar surface area (TPSA) is 86.8 Å². The number of hydrogen-bond donors (Lipinski definition) is 1. The maximum atomic E-state index is 13.4. The molecule has 0 aromatic heterocycles. The molecule has 0 aliphatic carbocycles. The molecule has 0 bridgehead atoms. The molecule has 36 heavy (non-hydrogen) atoms. The second-order valence-corrected chi connectivity index (χ2v) is 11.6. The molecule has 0 heterocycles. The van der Waals surface area contributed by atoms with Gasteiger partial charge in [0.25, 0.3) is 0 Å². The number of sulfonamides is 1. The molecule has 0 saturated carbocycles. The molecular formula is C28H41N3O4S. The molecule has 7 nitrogen and oxygen atoms in total. The van der Waals surface area contributed by atoms with Gasteiger partial charge in [0.2, 0.25) is 21.8 Å². The van der Waals surface area contributed by atoms with Crippen LogP contribution in [0.5, 0.6) is 0 Å². The highest BCUT2D eigenvalue weighted by atomic mass is 32.2. The molecule has 2 aromatic rings. The number of carbonyl (C=O) groups is 2. The maximum Gasteiger partial charge on any atom is 0.242 e. The molecule has 2 amide bonds. The lowest BCUT2D eigenvalue weighted by atomic mass is 10.1. The van der Waals surface area contributed by atoms with Crippen molar-refractivity contribution in [2.45, 2.75) is 72.4 Å². The van der Waals surface area contributed by atoms with Gasteiger partial charge in [-0.3, -0.25) is 13.9 Å². The quantitative estimate of drug-likeness (QED) is 0.433. The number of rotatable bonds is 13. The van der Waals surface area contributed by atoms with Crippen LogP contribution in [0.25, 0.3) is 0 Å². The van der Waals surface area contributed by atoms with E-state index in [1.54, 1.807) is 4.90 Å². The van der Waals surface area contributed by atoms with Crippen LogP contribution in [0.3, 0.4) is 0 Å². The van der Waals surface area contributed by atoms with Gasteiger partial charge in [-0.15, -0.1) is 0 Å². The zero-order valence-corrected chi connectivity index (χ0v) is 23.3. The average molecular weight is 516 g/mol. The third-order valence-electron chi connectivity index (χ3n) is 5.95. The van der Waals surface area contributed by atoms with Gasteiger partial charge in [0.15, 0.2) is 0 Å². The Bertz CT molecular complexity index is 1100. The highest BCUT2D eigenvalue weighted by Gasteiger charge is 2.28. The molecule has 198 valence electrons. The van der Waals surface area contributed by atoms with E-state index in [2.05, 4.69) is 5.32 Å². The van der Waals surface area contributed by atoms with E-state index >= 15 is 0 Å². The molecule has 2 aromatic carbocycles. The van der Waals surface area contributed by atoms with Crippen LogP contribution in [-0.2, 0) is 26.0 Å². The number of nitrogens with one attached hydrogen (secondary N) is 1. The number of amides is 2. The molecule has 0 unspecified atom stereocenters. The zero-order chi connectivity index (χ0) is 26.9. The third-order valence-corrected chi connectivity index (χ3v) is 7.14. The Morgan fingerprint density at radius 1 is 0.972 bits per heavy atom. The SMILES string of the molecule is CC[C@@H](C(=O)NC(C)C)N(CCc1ccccc1)C(=O)CCCN(c1cc(C)cc(C)c1)S(C)(=O)=O. The van der Waals surface area contributed by atoms with Crippen molar-refractivity contribution in [2.75, 3.05) is 23.7 Å². The number of aryl methyl sites for hydroxylation is 2. The van der Waals surface area contributed by atoms with Crippen LogP contribution in [0.15, 0.2) is 48.5 Å². The van der Waals surface area contributed by atoms with Crippen molar-refractivity contribution in [3.8, 4) is 0 Å². The average Bonchev–Trinajstić information content (AvgIpc) is 2.77. The van der Waals surface area contributed by atoms with Gasteiger partial charge in [0, 0.05) is 25.6 Å². The summed E-state index contributed by atoms with van der Waals surface area (Å²) in [6.45, 7) is 10.2. The lowest BCUT2D eigenvalue weighted by molar-refractivity contribution is -0.141. The first kappa shape index (κ1) is 29.4. The van der Waals surface area contributed by atoms with Crippen LogP contribution in [-0.4, -0.2) is 56.6 Å². The standard InChI is InChI=1S/C28H41N3O4S/c1-7-26(28(33)29-21(2)3)30(17-15-24-12-9-8-10-13-24)27(32)14-11-16-31(36(6,34)35)25-19-22(4)18-23(5)20-25/h8-10,12-13,18-21,26H,7,11,14-17H2,1-6H3,(H,29,33)/t26-/m0/s1. The zero-order valence-electron chi connectivity index (χ0n) is 22.5. The molecule has 1 atom stereocenters. The highest BCUT2D eigenvalue weighted by molar-refractivity contribution is 7.92. The minimum absolute atomic E-state index is 0.0290. The van der Waals surface area contributed by atoms with Crippen LogP contribution in [0.2, 0.25) is 0 Å². The fourth-order valence-electron chi connectivity index (χ4n) is 4.38.